The Hall–Kier alpha value is -2.70. The van der Waals surface area contributed by atoms with Crippen molar-refractivity contribution in [3.63, 3.8) is 0 Å². The number of rotatable bonds is 6. The minimum Gasteiger partial charge on any atom is -0.359 e. The van der Waals surface area contributed by atoms with Crippen molar-refractivity contribution in [1.29, 1.82) is 0 Å². The summed E-state index contributed by atoms with van der Waals surface area (Å²) in [6.45, 7) is 0.282. The zero-order chi connectivity index (χ0) is 19.3. The van der Waals surface area contributed by atoms with Crippen LogP contribution in [0.4, 0.5) is 11.4 Å². The number of benzene rings is 2. The van der Waals surface area contributed by atoms with E-state index < -0.39 is 0 Å². The number of hydrogen-bond acceptors (Lipinski definition) is 5. The Bertz CT molecular complexity index is 986. The average Bonchev–Trinajstić information content (AvgIpc) is 3.37. The van der Waals surface area contributed by atoms with Crippen LogP contribution in [0.5, 0.6) is 0 Å². The van der Waals surface area contributed by atoms with Gasteiger partial charge in [0.15, 0.2) is 5.76 Å². The fourth-order valence-electron chi connectivity index (χ4n) is 2.78. The Labute approximate surface area is 172 Å². The minimum atomic E-state index is -0.137. The summed E-state index contributed by atoms with van der Waals surface area (Å²) in [7, 11) is 0. The lowest BCUT2D eigenvalue weighted by Crippen LogP contribution is -2.22. The average molecular weight is 412 g/mol. The van der Waals surface area contributed by atoms with E-state index in [1.807, 2.05) is 66.7 Å². The topological polar surface area (TPSA) is 67.2 Å². The maximum Gasteiger partial charge on any atom is 0.257 e. The maximum absolute atomic E-state index is 12.1. The number of allylic oxidation sites excluding steroid dienone is 1. The van der Waals surface area contributed by atoms with Crippen LogP contribution in [-0.4, -0.2) is 15.8 Å². The molecular weight excluding hydrogens is 394 g/mol. The predicted octanol–water partition coefficient (Wildman–Crippen LogP) is 5.29. The van der Waals surface area contributed by atoms with Crippen LogP contribution in [0.25, 0.3) is 11.3 Å². The van der Waals surface area contributed by atoms with Gasteiger partial charge >= 0.3 is 0 Å². The molecule has 0 saturated carbocycles. The number of amides is 1. The van der Waals surface area contributed by atoms with Crippen molar-refractivity contribution < 1.29 is 9.32 Å². The van der Waals surface area contributed by atoms with E-state index in [1.165, 1.54) is 11.8 Å². The largest absolute Gasteiger partial charge is 0.359 e. The first kappa shape index (κ1) is 18.7. The highest BCUT2D eigenvalue weighted by atomic mass is 35.5. The molecule has 0 fully saturated rings. The van der Waals surface area contributed by atoms with E-state index in [1.54, 1.807) is 0 Å². The molecule has 3 aromatic rings. The first-order valence-corrected chi connectivity index (χ1v) is 10.2. The Kier molecular flexibility index (Phi) is 5.69. The summed E-state index contributed by atoms with van der Waals surface area (Å²) in [5, 5.41) is 10.3. The predicted molar refractivity (Wildman–Crippen MR) is 113 cm³/mol. The first-order valence-electron chi connectivity index (χ1n) is 8.84. The van der Waals surface area contributed by atoms with Crippen LogP contribution in [0, 0.1) is 0 Å². The summed E-state index contributed by atoms with van der Waals surface area (Å²) in [5.74, 6) is 0.461. The summed E-state index contributed by atoms with van der Waals surface area (Å²) >= 11 is 7.37. The zero-order valence-electron chi connectivity index (χ0n) is 14.9. The molecule has 0 saturated heterocycles. The van der Waals surface area contributed by atoms with Gasteiger partial charge in [0.1, 0.15) is 5.69 Å². The van der Waals surface area contributed by atoms with Crippen molar-refractivity contribution in [2.75, 3.05) is 5.32 Å². The molecule has 142 valence electrons. The maximum atomic E-state index is 12.1. The molecule has 1 aliphatic rings. The van der Waals surface area contributed by atoms with Crippen molar-refractivity contribution in [2.24, 2.45) is 0 Å². The van der Waals surface area contributed by atoms with E-state index in [0.29, 0.717) is 17.1 Å². The summed E-state index contributed by atoms with van der Waals surface area (Å²) < 4.78 is 5.29. The molecule has 0 aliphatic carbocycles. The first-order chi connectivity index (χ1) is 13.7. The normalized spacial score (nSPS) is 15.9. The number of nitrogens with one attached hydrogen (secondary N) is 2. The highest BCUT2D eigenvalue weighted by Gasteiger charge is 2.21. The lowest BCUT2D eigenvalue weighted by atomic mass is 10.1. The molecule has 0 radical (unpaired) electrons. The van der Waals surface area contributed by atoms with E-state index >= 15 is 0 Å². The van der Waals surface area contributed by atoms with E-state index in [9.17, 15) is 4.79 Å². The monoisotopic (exact) mass is 411 g/mol. The van der Waals surface area contributed by atoms with Crippen LogP contribution < -0.4 is 10.6 Å². The number of thioether (sulfide) groups is 1. The third-order valence-electron chi connectivity index (χ3n) is 4.19. The number of alkyl halides is 1. The van der Waals surface area contributed by atoms with Crippen molar-refractivity contribution in [3.8, 4) is 11.3 Å². The molecule has 2 aromatic carbocycles. The number of nitrogens with zero attached hydrogens (tertiary/aromatic N) is 1. The van der Waals surface area contributed by atoms with Gasteiger partial charge in [-0.2, -0.15) is 0 Å². The molecule has 1 aliphatic heterocycles. The number of halogens is 1. The summed E-state index contributed by atoms with van der Waals surface area (Å²) in [5.41, 5.74) is 3.70. The molecular formula is C21H18ClN3O2S. The Morgan fingerprint density at radius 2 is 1.89 bits per heavy atom. The van der Waals surface area contributed by atoms with E-state index in [-0.39, 0.29) is 17.2 Å². The molecule has 1 aromatic heterocycles. The van der Waals surface area contributed by atoms with E-state index in [4.69, 9.17) is 16.1 Å². The van der Waals surface area contributed by atoms with Gasteiger partial charge in [0, 0.05) is 23.0 Å². The van der Waals surface area contributed by atoms with Gasteiger partial charge in [0.2, 0.25) is 0 Å². The second-order valence-corrected chi connectivity index (χ2v) is 8.29. The molecule has 5 nitrogen and oxygen atoms in total. The molecule has 28 heavy (non-hydrogen) atoms. The Morgan fingerprint density at radius 1 is 1.14 bits per heavy atom. The molecule has 1 atom stereocenters. The van der Waals surface area contributed by atoms with Crippen molar-refractivity contribution in [2.45, 2.75) is 17.7 Å². The molecule has 0 bridgehead atoms. The molecule has 2 N–H and O–H groups in total. The van der Waals surface area contributed by atoms with Crippen molar-refractivity contribution in [3.05, 3.63) is 77.4 Å². The number of anilines is 2. The number of carbonyl (C=O) groups excluding carboxylic acids is 1. The number of aromatic nitrogens is 1. The van der Waals surface area contributed by atoms with Gasteiger partial charge in [0.05, 0.1) is 16.2 Å². The van der Waals surface area contributed by atoms with E-state index in [2.05, 4.69) is 15.8 Å². The number of para-hydroxylation sites is 1. The van der Waals surface area contributed by atoms with Crippen LogP contribution in [0.1, 0.15) is 12.2 Å². The second kappa shape index (κ2) is 8.54. The Morgan fingerprint density at radius 3 is 2.61 bits per heavy atom. The molecule has 1 unspecified atom stereocenters. The van der Waals surface area contributed by atoms with Gasteiger partial charge in [-0.25, -0.2) is 0 Å². The Balaban J connectivity index is 1.35. The van der Waals surface area contributed by atoms with Crippen LogP contribution in [0.2, 0.25) is 0 Å². The van der Waals surface area contributed by atoms with Crippen LogP contribution in [0.15, 0.2) is 76.2 Å². The zero-order valence-corrected chi connectivity index (χ0v) is 16.5. The third kappa shape index (κ3) is 4.58. The van der Waals surface area contributed by atoms with Gasteiger partial charge < -0.3 is 15.2 Å². The van der Waals surface area contributed by atoms with Gasteiger partial charge in [-0.05, 0) is 30.7 Å². The standard InChI is InChI=1S/C21H18ClN3O2S/c22-20-11-10-19(28-20)21(26)23-13-17-12-18(25-27-17)14-6-8-16(9-7-14)24-15-4-2-1-3-5-15/h1-10,12,20,24H,11,13H2,(H,23,26). The van der Waals surface area contributed by atoms with Gasteiger partial charge in [0.25, 0.3) is 5.91 Å². The molecule has 7 heteroatoms. The van der Waals surface area contributed by atoms with Crippen molar-refractivity contribution in [1.82, 2.24) is 10.5 Å². The summed E-state index contributed by atoms with van der Waals surface area (Å²) in [6, 6.07) is 19.8. The third-order valence-corrected chi connectivity index (χ3v) is 5.69. The smallest absolute Gasteiger partial charge is 0.257 e. The summed E-state index contributed by atoms with van der Waals surface area (Å²) in [6.07, 6.45) is 2.56. The lowest BCUT2D eigenvalue weighted by molar-refractivity contribution is -0.117. The molecule has 4 rings (SSSR count). The summed E-state index contributed by atoms with van der Waals surface area (Å²) in [4.78, 5) is 12.8. The molecule has 2 heterocycles. The van der Waals surface area contributed by atoms with Gasteiger partial charge in [-0.3, -0.25) is 4.79 Å². The number of hydrogen-bond donors (Lipinski definition) is 2. The SMILES string of the molecule is O=C(NCc1cc(-c2ccc(Nc3ccccc3)cc2)no1)C1=CCC(Cl)S1. The fraction of sp³-hybridized carbons (Fsp3) is 0.143. The highest BCUT2D eigenvalue weighted by molar-refractivity contribution is 8.05. The molecule has 1 amide bonds. The fourth-order valence-corrected chi connectivity index (χ4v) is 4.00. The van der Waals surface area contributed by atoms with Crippen LogP contribution >= 0.6 is 23.4 Å². The minimum absolute atomic E-state index is 0.0583. The highest BCUT2D eigenvalue weighted by Crippen LogP contribution is 2.34. The van der Waals surface area contributed by atoms with Gasteiger partial charge in [-0.1, -0.05) is 41.6 Å². The van der Waals surface area contributed by atoms with E-state index in [0.717, 1.165) is 22.6 Å². The lowest BCUT2D eigenvalue weighted by Gasteiger charge is -2.06. The number of carbonyl (C=O) groups is 1. The van der Waals surface area contributed by atoms with Crippen molar-refractivity contribution >= 4 is 40.6 Å². The van der Waals surface area contributed by atoms with Crippen LogP contribution in [-0.2, 0) is 11.3 Å². The molecule has 0 spiro atoms. The quantitative estimate of drug-likeness (QED) is 0.539. The second-order valence-electron chi connectivity index (χ2n) is 6.26. The van der Waals surface area contributed by atoms with Crippen LogP contribution in [0.3, 0.4) is 0 Å². The van der Waals surface area contributed by atoms with Gasteiger partial charge in [-0.15, -0.1) is 23.4 Å².